The topological polar surface area (TPSA) is 673 Å². The van der Waals surface area contributed by atoms with Gasteiger partial charge in [0.15, 0.2) is 11.9 Å². The molecule has 1 aromatic heterocycles. The zero-order valence-electron chi connectivity index (χ0n) is 47.4. The van der Waals surface area contributed by atoms with Crippen LogP contribution in [0.2, 0.25) is 0 Å². The van der Waals surface area contributed by atoms with Crippen LogP contribution in [-0.4, -0.2) is 212 Å². The van der Waals surface area contributed by atoms with E-state index >= 15 is 0 Å². The summed E-state index contributed by atoms with van der Waals surface area (Å²) < 4.78 is 0. The molecule has 0 aliphatic rings. The van der Waals surface area contributed by atoms with Crippen molar-refractivity contribution in [3.05, 3.63) is 18.2 Å². The summed E-state index contributed by atoms with van der Waals surface area (Å²) in [6, 6.07) is -16.1. The lowest BCUT2D eigenvalue weighted by Crippen LogP contribution is -2.61. The van der Waals surface area contributed by atoms with E-state index in [0.29, 0.717) is 19.4 Å². The Hall–Kier alpha value is -9.30. The predicted octanol–water partition coefficient (Wildman–Crippen LogP) is -10.6. The Labute approximate surface area is 492 Å². The summed E-state index contributed by atoms with van der Waals surface area (Å²) in [6.45, 7) is -0.854. The van der Waals surface area contributed by atoms with Crippen molar-refractivity contribution < 1.29 is 82.8 Å². The molecule has 11 amide bonds. The van der Waals surface area contributed by atoms with Crippen molar-refractivity contribution in [1.29, 1.82) is 0 Å². The number of aliphatic hydroxyl groups is 2. The summed E-state index contributed by atoms with van der Waals surface area (Å²) in [4.78, 5) is 184. The predicted molar refractivity (Wildman–Crippen MR) is 302 cm³/mol. The van der Waals surface area contributed by atoms with E-state index in [4.69, 9.17) is 45.9 Å². The van der Waals surface area contributed by atoms with Crippen molar-refractivity contribution >= 4 is 88.8 Å². The van der Waals surface area contributed by atoms with Gasteiger partial charge in [0.2, 0.25) is 65.0 Å². The number of amides is 11. The third kappa shape index (κ3) is 30.3. The van der Waals surface area contributed by atoms with E-state index < -0.39 is 183 Å². The van der Waals surface area contributed by atoms with Crippen molar-refractivity contribution in [2.45, 2.75) is 157 Å². The van der Waals surface area contributed by atoms with Gasteiger partial charge in [0.25, 0.3) is 0 Å². The van der Waals surface area contributed by atoms with Gasteiger partial charge >= 0.3 is 11.9 Å². The fourth-order valence-electron chi connectivity index (χ4n) is 7.62. The van der Waals surface area contributed by atoms with E-state index in [9.17, 15) is 82.8 Å². The van der Waals surface area contributed by atoms with E-state index in [2.05, 4.69) is 67.8 Å². The highest BCUT2D eigenvalue weighted by Crippen LogP contribution is 2.09. The molecule has 10 atom stereocenters. The molecular weight excluding hydrogens is 1140 g/mol. The highest BCUT2D eigenvalue weighted by Gasteiger charge is 2.35. The van der Waals surface area contributed by atoms with Gasteiger partial charge in [0.05, 0.1) is 25.6 Å². The van der Waals surface area contributed by atoms with E-state index in [1.165, 1.54) is 12.5 Å². The molecule has 0 saturated carbocycles. The first-order valence-corrected chi connectivity index (χ1v) is 27.0. The second-order valence-corrected chi connectivity index (χ2v) is 19.4. The van der Waals surface area contributed by atoms with E-state index in [1.54, 1.807) is 0 Å². The van der Waals surface area contributed by atoms with Crippen LogP contribution in [0.25, 0.3) is 0 Å². The number of unbranched alkanes of at least 4 members (excludes halogenated alkanes) is 1. The van der Waals surface area contributed by atoms with Gasteiger partial charge in [-0.05, 0) is 71.3 Å². The summed E-state index contributed by atoms with van der Waals surface area (Å²) in [5, 5.41) is 60.2. The van der Waals surface area contributed by atoms with Crippen molar-refractivity contribution in [1.82, 2.24) is 57.8 Å². The fourth-order valence-corrected chi connectivity index (χ4v) is 7.62. The summed E-state index contributed by atoms with van der Waals surface area (Å²) in [5.74, 6) is -15.1. The largest absolute Gasteiger partial charge is 0.481 e. The minimum atomic E-state index is -1.90. The third-order valence-corrected chi connectivity index (χ3v) is 12.3. The van der Waals surface area contributed by atoms with Gasteiger partial charge in [0, 0.05) is 50.7 Å². The number of hydrogen-bond donors (Lipinski definition) is 22. The van der Waals surface area contributed by atoms with Crippen LogP contribution in [0.1, 0.15) is 96.1 Å². The normalized spacial score (nSPS) is 14.3. The number of aliphatic hydroxyl groups excluding tert-OH is 2. The van der Waals surface area contributed by atoms with Gasteiger partial charge in [-0.2, -0.15) is 0 Å². The molecule has 38 nitrogen and oxygen atoms in total. The minimum Gasteiger partial charge on any atom is -0.481 e. The molecule has 0 radical (unpaired) electrons. The van der Waals surface area contributed by atoms with Crippen LogP contribution in [0.15, 0.2) is 22.5 Å². The number of rotatable bonds is 44. The summed E-state index contributed by atoms with van der Waals surface area (Å²) in [5.41, 5.74) is 43.8. The van der Waals surface area contributed by atoms with E-state index in [0.717, 1.165) is 6.92 Å². The van der Waals surface area contributed by atoms with Crippen LogP contribution in [0, 0.1) is 0 Å². The second kappa shape index (κ2) is 40.0. The van der Waals surface area contributed by atoms with Crippen LogP contribution in [0.3, 0.4) is 0 Å². The number of aliphatic carboxylic acids is 2. The molecule has 482 valence electrons. The number of aliphatic imine (C=N–C) groups is 2. The molecule has 0 aromatic carbocycles. The molecule has 0 unspecified atom stereocenters. The number of nitrogens with zero attached hydrogens (tertiary/aromatic N) is 3. The lowest BCUT2D eigenvalue weighted by molar-refractivity contribution is -0.143. The summed E-state index contributed by atoms with van der Waals surface area (Å²) in [6.07, 6.45) is -0.145. The molecule has 0 spiro atoms. The number of primary amides is 2. The van der Waals surface area contributed by atoms with Crippen molar-refractivity contribution in [2.75, 3.05) is 32.8 Å². The molecule has 38 heteroatoms. The number of imidazole rings is 1. The molecule has 0 bridgehead atoms. The Balaban J connectivity index is 3.43. The van der Waals surface area contributed by atoms with Gasteiger partial charge in [-0.25, -0.2) is 9.78 Å². The average molecular weight is 1230 g/mol. The maximum absolute atomic E-state index is 14.1. The molecule has 1 heterocycles. The van der Waals surface area contributed by atoms with Gasteiger partial charge in [-0.15, -0.1) is 0 Å². The van der Waals surface area contributed by atoms with E-state index in [1.807, 2.05) is 0 Å². The number of nitrogens with two attached hydrogens (primary N) is 8. The van der Waals surface area contributed by atoms with Crippen molar-refractivity contribution in [2.24, 2.45) is 55.9 Å². The molecule has 86 heavy (non-hydrogen) atoms. The van der Waals surface area contributed by atoms with Crippen LogP contribution < -0.4 is 93.7 Å². The van der Waals surface area contributed by atoms with Crippen LogP contribution >= 0.6 is 0 Å². The monoisotopic (exact) mass is 1230 g/mol. The first-order valence-electron chi connectivity index (χ1n) is 27.0. The standard InChI is InChI=1S/C48H83N21O17/c1-23(37(76)62-26(7-4-16-58-47(53)54)40(79)68-32(20-70)44(83)65-29(11-14-36(74)75)41(80)66-30(46(85)86)8-5-17-59-48(55)56)61-39(78)27(9-12-34(51)72)64-43(82)31(18-24-19-57-22-60-24)67-45(84)33(21-71)69-42(81)28(10-13-35(52)73)63-38(77)25(50)6-2-3-15-49/h19,22-23,25-33,70-71H,2-18,20-21,49-50H2,1H3,(H2,51,72)(H2,52,73)(H,57,60)(H,61,78)(H,62,76)(H,63,77)(H,64,82)(H,65,83)(H,66,80)(H,67,84)(H,68,79)(H,69,81)(H,74,75)(H,85,86)(H4,53,54,58)(H4,55,56,59)/t23-,25-,26-,27-,28-,29-,30-,31-,32-,33-/m0/s1. The first kappa shape index (κ1) is 74.7. The van der Waals surface area contributed by atoms with Crippen LogP contribution in [-0.2, 0) is 68.7 Å². The van der Waals surface area contributed by atoms with Gasteiger partial charge in [-0.3, -0.25) is 67.5 Å². The highest BCUT2D eigenvalue weighted by atomic mass is 16.4. The zero-order chi connectivity index (χ0) is 65.1. The van der Waals surface area contributed by atoms with Gasteiger partial charge < -0.3 is 119 Å². The number of aromatic nitrogens is 2. The quantitative estimate of drug-likeness (QED) is 0.0164. The number of carboxylic acids is 2. The summed E-state index contributed by atoms with van der Waals surface area (Å²) in [7, 11) is 0. The first-order chi connectivity index (χ1) is 40.5. The molecule has 1 aromatic rings. The van der Waals surface area contributed by atoms with Gasteiger partial charge in [-0.1, -0.05) is 6.42 Å². The molecule has 30 N–H and O–H groups in total. The zero-order valence-corrected chi connectivity index (χ0v) is 47.4. The fraction of sp³-hybridized carbons (Fsp3) is 0.625. The maximum Gasteiger partial charge on any atom is 0.326 e. The van der Waals surface area contributed by atoms with Crippen molar-refractivity contribution in [3.8, 4) is 0 Å². The summed E-state index contributed by atoms with van der Waals surface area (Å²) >= 11 is 0. The minimum absolute atomic E-state index is 0.00748. The second-order valence-electron chi connectivity index (χ2n) is 19.4. The molecule has 0 saturated heterocycles. The highest BCUT2D eigenvalue weighted by molar-refractivity contribution is 5.99. The Morgan fingerprint density at radius 2 is 0.872 bits per heavy atom. The van der Waals surface area contributed by atoms with Gasteiger partial charge in [0.1, 0.15) is 54.4 Å². The van der Waals surface area contributed by atoms with Crippen LogP contribution in [0.4, 0.5) is 0 Å². The molecule has 0 fully saturated rings. The molecular formula is C48H83N21O17. The average Bonchev–Trinajstić information content (AvgIpc) is 3.74. The number of carbonyl (C=O) groups excluding carboxylic acids is 11. The SMILES string of the molecule is C[C@H](NC(=O)[C@H](CCC(N)=O)NC(=O)[C@H](Cc1cnc[nH]1)NC(=O)[C@H](CO)NC(=O)[C@H](CCC(N)=O)NC(=O)[C@@H](N)CCCCN)C(=O)N[C@@H](CCCN=C(N)N)C(=O)N[C@@H](CO)C(=O)N[C@@H](CCC(=O)O)C(=O)N[C@@H](CCCN=C(N)N)C(=O)O. The Bertz CT molecular complexity index is 2510. The Morgan fingerprint density at radius 1 is 0.488 bits per heavy atom. The van der Waals surface area contributed by atoms with Crippen LogP contribution in [0.5, 0.6) is 0 Å². The van der Waals surface area contributed by atoms with E-state index in [-0.39, 0.29) is 75.6 Å². The smallest absolute Gasteiger partial charge is 0.326 e. The number of carboxylic acid groups (broad SMARTS) is 2. The molecule has 0 aliphatic carbocycles. The molecule has 0 aliphatic heterocycles. The maximum atomic E-state index is 14.1. The Kier molecular flexibility index (Phi) is 34.8. The number of hydrogen-bond acceptors (Lipinski definition) is 20. The third-order valence-electron chi connectivity index (χ3n) is 12.3. The molecule has 1 rings (SSSR count). The number of guanidine groups is 2. The lowest BCUT2D eigenvalue weighted by atomic mass is 10.1. The number of aromatic amines is 1. The lowest BCUT2D eigenvalue weighted by Gasteiger charge is -2.27. The number of carbonyl (C=O) groups is 13. The number of H-pyrrole nitrogens is 1. The number of nitrogens with one attached hydrogen (secondary N) is 10. The Morgan fingerprint density at radius 3 is 1.29 bits per heavy atom. The van der Waals surface area contributed by atoms with Crippen molar-refractivity contribution in [3.63, 3.8) is 0 Å².